The molecule has 0 aromatic heterocycles. The molecule has 0 saturated heterocycles. The van der Waals surface area contributed by atoms with Crippen LogP contribution in [0.1, 0.15) is 79.1 Å². The summed E-state index contributed by atoms with van der Waals surface area (Å²) < 4.78 is 0. The van der Waals surface area contributed by atoms with Crippen molar-refractivity contribution in [1.82, 2.24) is 0 Å². The van der Waals surface area contributed by atoms with Crippen LogP contribution in [0.15, 0.2) is 11.6 Å². The van der Waals surface area contributed by atoms with Gasteiger partial charge in [-0.15, -0.1) is 5.92 Å². The zero-order chi connectivity index (χ0) is 16.0. The molecule has 0 aromatic rings. The molecule has 2 saturated carbocycles. The highest BCUT2D eigenvalue weighted by Crippen LogP contribution is 2.65. The summed E-state index contributed by atoms with van der Waals surface area (Å²) in [5.41, 5.74) is 1.77. The van der Waals surface area contributed by atoms with Crippen molar-refractivity contribution in [3.63, 3.8) is 0 Å². The van der Waals surface area contributed by atoms with Gasteiger partial charge in [-0.2, -0.15) is 0 Å². The van der Waals surface area contributed by atoms with Gasteiger partial charge in [-0.25, -0.2) is 0 Å². The Labute approximate surface area is 135 Å². The van der Waals surface area contributed by atoms with E-state index in [1.165, 1.54) is 25.7 Å². The first-order chi connectivity index (χ1) is 10.4. The Morgan fingerprint density at radius 2 is 2.05 bits per heavy atom. The number of Topliss-reactive ketones (excluding diaryl/α,β-unsaturated/α-hetero) is 1. The predicted molar refractivity (Wildman–Crippen MR) is 91.3 cm³/mol. The van der Waals surface area contributed by atoms with E-state index in [1.807, 2.05) is 6.92 Å². The molecule has 0 aliphatic heterocycles. The van der Waals surface area contributed by atoms with Crippen LogP contribution >= 0.6 is 0 Å². The van der Waals surface area contributed by atoms with Gasteiger partial charge in [0.2, 0.25) is 0 Å². The zero-order valence-electron chi connectivity index (χ0n) is 14.7. The third kappa shape index (κ3) is 1.96. The summed E-state index contributed by atoms with van der Waals surface area (Å²) in [4.78, 5) is 12.7. The highest BCUT2D eigenvalue weighted by Gasteiger charge is 2.59. The molecule has 0 bridgehead atoms. The van der Waals surface area contributed by atoms with Crippen LogP contribution in [-0.2, 0) is 4.79 Å². The summed E-state index contributed by atoms with van der Waals surface area (Å²) in [6.45, 7) is 8.86. The molecule has 2 fully saturated rings. The maximum Gasteiger partial charge on any atom is 0.139 e. The van der Waals surface area contributed by atoms with E-state index in [1.54, 1.807) is 5.57 Å². The minimum atomic E-state index is -0.128. The van der Waals surface area contributed by atoms with Gasteiger partial charge in [0.15, 0.2) is 0 Å². The van der Waals surface area contributed by atoms with E-state index in [2.05, 4.69) is 38.7 Å². The van der Waals surface area contributed by atoms with Crippen molar-refractivity contribution in [2.45, 2.75) is 79.1 Å². The Morgan fingerprint density at radius 3 is 2.73 bits per heavy atom. The third-order valence-electron chi connectivity index (χ3n) is 7.29. The van der Waals surface area contributed by atoms with Crippen LogP contribution in [0.4, 0.5) is 0 Å². The van der Waals surface area contributed by atoms with E-state index in [9.17, 15) is 4.79 Å². The van der Waals surface area contributed by atoms with Gasteiger partial charge in [-0.05, 0) is 68.8 Å². The minimum Gasteiger partial charge on any atom is -0.299 e. The Hall–Kier alpha value is -1.03. The number of carbonyl (C=O) groups excluding carboxylic acids is 1. The van der Waals surface area contributed by atoms with Crippen LogP contribution in [-0.4, -0.2) is 5.78 Å². The first kappa shape index (κ1) is 15.9. The number of carbonyl (C=O) groups is 1. The molecule has 0 N–H and O–H groups in total. The lowest BCUT2D eigenvalue weighted by atomic mass is 9.43. The maximum absolute atomic E-state index is 12.7. The van der Waals surface area contributed by atoms with Crippen LogP contribution < -0.4 is 0 Å². The number of allylic oxidation sites excluding steroid dienone is 2. The highest BCUT2D eigenvalue weighted by atomic mass is 16.1. The second-order valence-corrected chi connectivity index (χ2v) is 8.17. The van der Waals surface area contributed by atoms with E-state index in [0.717, 1.165) is 25.7 Å². The Balaban J connectivity index is 2.11. The van der Waals surface area contributed by atoms with E-state index in [0.29, 0.717) is 11.7 Å². The predicted octanol–water partition coefficient (Wildman–Crippen LogP) is 5.30. The molecule has 4 atom stereocenters. The first-order valence-electron chi connectivity index (χ1n) is 9.11. The SMILES string of the molecule is CC#C[C@]12CCCC=C1[C@@]1(C)CCC(=O)[C@@](C)(CC)C1CC2. The smallest absolute Gasteiger partial charge is 0.139 e. The molecule has 0 spiro atoms. The van der Waals surface area contributed by atoms with Gasteiger partial charge in [0.25, 0.3) is 0 Å². The molecule has 1 unspecified atom stereocenters. The molecule has 0 amide bonds. The summed E-state index contributed by atoms with van der Waals surface area (Å²) in [5, 5.41) is 0. The van der Waals surface area contributed by atoms with Crippen LogP contribution in [0.3, 0.4) is 0 Å². The lowest BCUT2D eigenvalue weighted by Gasteiger charge is -2.60. The van der Waals surface area contributed by atoms with Crippen LogP contribution in [0, 0.1) is 34.0 Å². The number of rotatable bonds is 1. The molecule has 0 heterocycles. The van der Waals surface area contributed by atoms with Gasteiger partial charge in [-0.1, -0.05) is 32.8 Å². The molecule has 22 heavy (non-hydrogen) atoms. The second-order valence-electron chi connectivity index (χ2n) is 8.17. The number of hydrogen-bond donors (Lipinski definition) is 0. The van der Waals surface area contributed by atoms with Gasteiger partial charge >= 0.3 is 0 Å². The highest BCUT2D eigenvalue weighted by molar-refractivity contribution is 5.86. The number of ketones is 1. The van der Waals surface area contributed by atoms with Crippen LogP contribution in [0.2, 0.25) is 0 Å². The summed E-state index contributed by atoms with van der Waals surface area (Å²) in [7, 11) is 0. The average Bonchev–Trinajstić information content (AvgIpc) is 2.52. The quantitative estimate of drug-likeness (QED) is 0.474. The lowest BCUT2D eigenvalue weighted by Crippen LogP contribution is -2.55. The summed E-state index contributed by atoms with van der Waals surface area (Å²) in [5.74, 6) is 7.84. The van der Waals surface area contributed by atoms with Crippen molar-refractivity contribution in [3.8, 4) is 11.8 Å². The molecular weight excluding hydrogens is 268 g/mol. The topological polar surface area (TPSA) is 17.1 Å². The summed E-state index contributed by atoms with van der Waals surface area (Å²) in [6.07, 6.45) is 11.3. The first-order valence-corrected chi connectivity index (χ1v) is 9.11. The third-order valence-corrected chi connectivity index (χ3v) is 7.29. The van der Waals surface area contributed by atoms with E-state index >= 15 is 0 Å². The van der Waals surface area contributed by atoms with E-state index < -0.39 is 0 Å². The Kier molecular flexibility index (Phi) is 3.79. The molecule has 3 aliphatic carbocycles. The maximum atomic E-state index is 12.7. The normalized spacial score (nSPS) is 44.3. The van der Waals surface area contributed by atoms with Crippen LogP contribution in [0.25, 0.3) is 0 Å². The monoisotopic (exact) mass is 298 g/mol. The summed E-state index contributed by atoms with van der Waals surface area (Å²) >= 11 is 0. The molecule has 1 nitrogen and oxygen atoms in total. The van der Waals surface area contributed by atoms with Crippen molar-refractivity contribution < 1.29 is 4.79 Å². The van der Waals surface area contributed by atoms with E-state index in [4.69, 9.17) is 0 Å². The second kappa shape index (κ2) is 5.26. The molecular formula is C21H30O. The van der Waals surface area contributed by atoms with Crippen LogP contribution in [0.5, 0.6) is 0 Å². The van der Waals surface area contributed by atoms with Gasteiger partial charge < -0.3 is 0 Å². The number of hydrogen-bond acceptors (Lipinski definition) is 1. The molecule has 1 heteroatoms. The molecule has 0 radical (unpaired) electrons. The van der Waals surface area contributed by atoms with Crippen molar-refractivity contribution in [3.05, 3.63) is 11.6 Å². The summed E-state index contributed by atoms with van der Waals surface area (Å²) in [6, 6.07) is 0. The Bertz CT molecular complexity index is 574. The lowest BCUT2D eigenvalue weighted by molar-refractivity contribution is -0.143. The molecule has 120 valence electrons. The largest absolute Gasteiger partial charge is 0.299 e. The van der Waals surface area contributed by atoms with Crippen molar-refractivity contribution in [1.29, 1.82) is 0 Å². The van der Waals surface area contributed by atoms with E-state index in [-0.39, 0.29) is 16.2 Å². The van der Waals surface area contributed by atoms with Gasteiger partial charge in [0.1, 0.15) is 5.78 Å². The van der Waals surface area contributed by atoms with Gasteiger partial charge in [0.05, 0.1) is 5.41 Å². The fraction of sp³-hybridized carbons (Fsp3) is 0.762. The van der Waals surface area contributed by atoms with Crippen molar-refractivity contribution in [2.24, 2.45) is 22.2 Å². The Morgan fingerprint density at radius 1 is 1.27 bits per heavy atom. The standard InChI is InChI=1S/C21H30O/c1-5-12-21-13-8-7-9-17(21)20(4)14-11-18(22)19(3,6-2)16(20)10-15-21/h9,16H,6-8,10-11,13-15H2,1-4H3/t16?,19-,20-,21+/m0/s1. The van der Waals surface area contributed by atoms with Crippen molar-refractivity contribution in [2.75, 3.05) is 0 Å². The fourth-order valence-electron chi connectivity index (χ4n) is 5.98. The van der Waals surface area contributed by atoms with Gasteiger partial charge in [-0.3, -0.25) is 4.79 Å². The number of fused-ring (bicyclic) bond motifs is 3. The fourth-order valence-corrected chi connectivity index (χ4v) is 5.98. The van der Waals surface area contributed by atoms with Gasteiger partial charge in [0, 0.05) is 11.8 Å². The average molecular weight is 298 g/mol. The molecule has 0 aromatic carbocycles. The molecule has 3 aliphatic rings. The zero-order valence-corrected chi connectivity index (χ0v) is 14.7. The van der Waals surface area contributed by atoms with Crippen molar-refractivity contribution >= 4 is 5.78 Å². The minimum absolute atomic E-state index is 0.118. The molecule has 3 rings (SSSR count).